The van der Waals surface area contributed by atoms with E-state index in [9.17, 15) is 4.79 Å². The molecule has 2 aromatic heterocycles. The Hall–Kier alpha value is -3.57. The van der Waals surface area contributed by atoms with Gasteiger partial charge in [0.1, 0.15) is 5.82 Å². The van der Waals surface area contributed by atoms with Crippen molar-refractivity contribution in [2.24, 2.45) is 0 Å². The molecule has 0 saturated carbocycles. The third-order valence-electron chi connectivity index (χ3n) is 4.67. The van der Waals surface area contributed by atoms with E-state index in [4.69, 9.17) is 0 Å². The van der Waals surface area contributed by atoms with Crippen molar-refractivity contribution in [3.05, 3.63) is 107 Å². The lowest BCUT2D eigenvalue weighted by Gasteiger charge is -2.17. The van der Waals surface area contributed by atoms with E-state index in [0.29, 0.717) is 11.5 Å². The minimum Gasteiger partial charge on any atom is -0.306 e. The van der Waals surface area contributed by atoms with Crippen molar-refractivity contribution in [1.29, 1.82) is 0 Å². The molecular formula is C24H22N4O. The van der Waals surface area contributed by atoms with E-state index in [0.717, 1.165) is 29.8 Å². The summed E-state index contributed by atoms with van der Waals surface area (Å²) in [4.78, 5) is 26.0. The summed E-state index contributed by atoms with van der Waals surface area (Å²) in [5.41, 5.74) is 4.67. The van der Waals surface area contributed by atoms with E-state index in [1.165, 1.54) is 11.6 Å². The van der Waals surface area contributed by atoms with Gasteiger partial charge in [-0.25, -0.2) is 4.98 Å². The largest absolute Gasteiger partial charge is 0.306 e. The van der Waals surface area contributed by atoms with E-state index in [2.05, 4.69) is 63.3 Å². The molecule has 5 heteroatoms. The maximum absolute atomic E-state index is 12.2. The van der Waals surface area contributed by atoms with Crippen molar-refractivity contribution < 1.29 is 0 Å². The zero-order valence-electron chi connectivity index (χ0n) is 16.2. The fourth-order valence-electron chi connectivity index (χ4n) is 3.34. The van der Waals surface area contributed by atoms with Gasteiger partial charge in [0.05, 0.1) is 5.69 Å². The normalized spacial score (nSPS) is 11.0. The summed E-state index contributed by atoms with van der Waals surface area (Å²) in [6, 6.07) is 23.8. The molecule has 4 rings (SSSR count). The highest BCUT2D eigenvalue weighted by Gasteiger charge is 2.08. The molecule has 4 aromatic rings. The zero-order chi connectivity index (χ0) is 20.1. The third-order valence-corrected chi connectivity index (χ3v) is 4.67. The summed E-state index contributed by atoms with van der Waals surface area (Å²) in [7, 11) is 2.10. The number of pyridine rings is 1. The van der Waals surface area contributed by atoms with E-state index in [-0.39, 0.29) is 5.56 Å². The third kappa shape index (κ3) is 4.83. The topological polar surface area (TPSA) is 61.9 Å². The van der Waals surface area contributed by atoms with E-state index < -0.39 is 0 Å². The van der Waals surface area contributed by atoms with Gasteiger partial charge in [-0.15, -0.1) is 0 Å². The van der Waals surface area contributed by atoms with Crippen LogP contribution in [0.25, 0.3) is 22.6 Å². The molecule has 0 amide bonds. The lowest BCUT2D eigenvalue weighted by molar-refractivity contribution is 0.319. The van der Waals surface area contributed by atoms with Crippen molar-refractivity contribution in [2.75, 3.05) is 7.05 Å². The standard InChI is InChI=1S/C24H22N4O/c1-28(16-18-6-3-2-4-7-18)17-19-8-5-9-21(14-19)24-26-22(15-23(29)27-24)20-10-12-25-13-11-20/h2-15H,16-17H2,1H3,(H,26,27,29). The highest BCUT2D eigenvalue weighted by atomic mass is 16.1. The molecule has 0 spiro atoms. The molecule has 0 unspecified atom stereocenters. The predicted octanol–water partition coefficient (Wildman–Crippen LogP) is 4.13. The van der Waals surface area contributed by atoms with Gasteiger partial charge < -0.3 is 4.98 Å². The smallest absolute Gasteiger partial charge is 0.251 e. The molecule has 0 saturated heterocycles. The monoisotopic (exact) mass is 382 g/mol. The first kappa shape index (κ1) is 18.8. The van der Waals surface area contributed by atoms with Gasteiger partial charge in [0.15, 0.2) is 0 Å². The van der Waals surface area contributed by atoms with Crippen LogP contribution in [0.3, 0.4) is 0 Å². The molecule has 144 valence electrons. The van der Waals surface area contributed by atoms with Gasteiger partial charge in [-0.3, -0.25) is 14.7 Å². The Morgan fingerprint density at radius 2 is 1.55 bits per heavy atom. The molecule has 5 nitrogen and oxygen atoms in total. The Balaban J connectivity index is 1.57. The van der Waals surface area contributed by atoms with Gasteiger partial charge in [0, 0.05) is 42.7 Å². The van der Waals surface area contributed by atoms with Crippen LogP contribution in [0.2, 0.25) is 0 Å². The summed E-state index contributed by atoms with van der Waals surface area (Å²) in [6.45, 7) is 1.68. The second-order valence-corrected chi connectivity index (χ2v) is 7.07. The quantitative estimate of drug-likeness (QED) is 0.545. The van der Waals surface area contributed by atoms with Crippen LogP contribution >= 0.6 is 0 Å². The van der Waals surface area contributed by atoms with Gasteiger partial charge in [-0.05, 0) is 36.4 Å². The van der Waals surface area contributed by atoms with Crippen molar-refractivity contribution in [3.8, 4) is 22.6 Å². The van der Waals surface area contributed by atoms with Crippen molar-refractivity contribution >= 4 is 0 Å². The Morgan fingerprint density at radius 1 is 0.828 bits per heavy atom. The number of nitrogens with zero attached hydrogens (tertiary/aromatic N) is 3. The number of aromatic nitrogens is 3. The minimum absolute atomic E-state index is 0.173. The first-order valence-corrected chi connectivity index (χ1v) is 9.51. The van der Waals surface area contributed by atoms with Gasteiger partial charge in [-0.1, -0.05) is 48.5 Å². The maximum atomic E-state index is 12.2. The van der Waals surface area contributed by atoms with E-state index >= 15 is 0 Å². The van der Waals surface area contributed by atoms with E-state index in [1.807, 2.05) is 30.3 Å². The number of H-pyrrole nitrogens is 1. The highest BCUT2D eigenvalue weighted by molar-refractivity contribution is 5.63. The predicted molar refractivity (Wildman–Crippen MR) is 115 cm³/mol. The van der Waals surface area contributed by atoms with Gasteiger partial charge in [0.2, 0.25) is 0 Å². The van der Waals surface area contributed by atoms with Gasteiger partial charge in [0.25, 0.3) is 5.56 Å². The summed E-state index contributed by atoms with van der Waals surface area (Å²) >= 11 is 0. The second kappa shape index (κ2) is 8.63. The molecule has 2 aromatic carbocycles. The fraction of sp³-hybridized carbons (Fsp3) is 0.125. The van der Waals surface area contributed by atoms with Crippen LogP contribution in [0.4, 0.5) is 0 Å². The number of rotatable bonds is 6. The van der Waals surface area contributed by atoms with Crippen LogP contribution in [0.5, 0.6) is 0 Å². The summed E-state index contributed by atoms with van der Waals surface area (Å²) in [5.74, 6) is 0.567. The first-order chi connectivity index (χ1) is 14.2. The first-order valence-electron chi connectivity index (χ1n) is 9.51. The van der Waals surface area contributed by atoms with Crippen molar-refractivity contribution in [2.45, 2.75) is 13.1 Å². The van der Waals surface area contributed by atoms with E-state index in [1.54, 1.807) is 12.4 Å². The highest BCUT2D eigenvalue weighted by Crippen LogP contribution is 2.20. The average molecular weight is 382 g/mol. The zero-order valence-corrected chi connectivity index (χ0v) is 16.2. The molecular weight excluding hydrogens is 360 g/mol. The molecule has 0 fully saturated rings. The van der Waals surface area contributed by atoms with Crippen molar-refractivity contribution in [3.63, 3.8) is 0 Å². The molecule has 0 aliphatic heterocycles. The number of benzene rings is 2. The van der Waals surface area contributed by atoms with Crippen LogP contribution in [0.15, 0.2) is 90.0 Å². The lowest BCUT2D eigenvalue weighted by atomic mass is 10.1. The molecule has 0 bridgehead atoms. The number of nitrogens with one attached hydrogen (secondary N) is 1. The Morgan fingerprint density at radius 3 is 2.34 bits per heavy atom. The van der Waals surface area contributed by atoms with Crippen LogP contribution < -0.4 is 5.56 Å². The van der Waals surface area contributed by atoms with Crippen LogP contribution in [0.1, 0.15) is 11.1 Å². The van der Waals surface area contributed by atoms with Crippen LogP contribution in [-0.2, 0) is 13.1 Å². The van der Waals surface area contributed by atoms with Crippen LogP contribution in [-0.4, -0.2) is 26.9 Å². The maximum Gasteiger partial charge on any atom is 0.251 e. The Bertz CT molecular complexity index is 1140. The number of aromatic amines is 1. The summed E-state index contributed by atoms with van der Waals surface area (Å²) < 4.78 is 0. The number of hydrogen-bond donors (Lipinski definition) is 1. The van der Waals surface area contributed by atoms with Gasteiger partial charge in [-0.2, -0.15) is 0 Å². The number of hydrogen-bond acceptors (Lipinski definition) is 4. The van der Waals surface area contributed by atoms with Crippen molar-refractivity contribution in [1.82, 2.24) is 19.9 Å². The Kier molecular flexibility index (Phi) is 5.59. The Labute approximate surface area is 169 Å². The molecule has 1 N–H and O–H groups in total. The average Bonchev–Trinajstić information content (AvgIpc) is 2.75. The fourth-order valence-corrected chi connectivity index (χ4v) is 3.34. The SMILES string of the molecule is CN(Cc1ccccc1)Cc1cccc(-c2nc(-c3ccncc3)cc(=O)[nH]2)c1. The second-order valence-electron chi connectivity index (χ2n) is 7.07. The molecule has 0 atom stereocenters. The summed E-state index contributed by atoms with van der Waals surface area (Å²) in [6.07, 6.45) is 3.39. The molecule has 29 heavy (non-hydrogen) atoms. The summed E-state index contributed by atoms with van der Waals surface area (Å²) in [5, 5.41) is 0. The molecule has 0 aliphatic carbocycles. The van der Waals surface area contributed by atoms with Crippen LogP contribution in [0, 0.1) is 0 Å². The lowest BCUT2D eigenvalue weighted by Crippen LogP contribution is -2.17. The molecule has 2 heterocycles. The molecule has 0 radical (unpaired) electrons. The molecule has 0 aliphatic rings. The van der Waals surface area contributed by atoms with Gasteiger partial charge >= 0.3 is 0 Å². The minimum atomic E-state index is -0.173.